The van der Waals surface area contributed by atoms with Crippen molar-refractivity contribution in [2.24, 2.45) is 0 Å². The molecule has 4 heteroatoms. The first-order valence-electron chi connectivity index (χ1n) is 9.04. The summed E-state index contributed by atoms with van der Waals surface area (Å²) >= 11 is 3.45. The lowest BCUT2D eigenvalue weighted by molar-refractivity contribution is 0.0249. The van der Waals surface area contributed by atoms with Crippen LogP contribution < -0.4 is 0 Å². The second-order valence-electron chi connectivity index (χ2n) is 7.26. The summed E-state index contributed by atoms with van der Waals surface area (Å²) in [6, 6.07) is 8.27. The number of hydrogen-bond acceptors (Lipinski definition) is 2. The molecule has 0 heterocycles. The van der Waals surface area contributed by atoms with E-state index in [0.717, 1.165) is 23.9 Å². The lowest BCUT2D eigenvalue weighted by atomic mass is 10.1. The van der Waals surface area contributed by atoms with Gasteiger partial charge in [0, 0.05) is 17.6 Å². The molecule has 0 aromatic heterocycles. The maximum Gasteiger partial charge on any atom is 0.410 e. The average molecular weight is 398 g/mol. The molecule has 0 aliphatic carbocycles. The normalized spacial score (nSPS) is 11.4. The molecule has 3 nitrogen and oxygen atoms in total. The van der Waals surface area contributed by atoms with Crippen LogP contribution in [0.25, 0.3) is 0 Å². The molecule has 0 aliphatic heterocycles. The van der Waals surface area contributed by atoms with E-state index in [-0.39, 0.29) is 6.09 Å². The zero-order valence-corrected chi connectivity index (χ0v) is 17.2. The highest BCUT2D eigenvalue weighted by Crippen LogP contribution is 2.14. The lowest BCUT2D eigenvalue weighted by Crippen LogP contribution is -2.38. The smallest absolute Gasteiger partial charge is 0.410 e. The van der Waals surface area contributed by atoms with Crippen molar-refractivity contribution in [3.05, 3.63) is 34.3 Å². The summed E-state index contributed by atoms with van der Waals surface area (Å²) in [7, 11) is 0. The first-order chi connectivity index (χ1) is 11.3. The number of benzene rings is 1. The van der Waals surface area contributed by atoms with E-state index in [0.29, 0.717) is 6.54 Å². The standard InChI is InChI=1S/C20H32BrNO2/c1-5-6-7-8-9-15-22(19(23)24-20(2,3)4)16-14-17-10-12-18(21)13-11-17/h10-13H,5-9,14-16H2,1-4H3. The summed E-state index contributed by atoms with van der Waals surface area (Å²) in [5.41, 5.74) is 0.785. The predicted octanol–water partition coefficient (Wildman–Crippen LogP) is 6.20. The van der Waals surface area contributed by atoms with Crippen LogP contribution >= 0.6 is 15.9 Å². The van der Waals surface area contributed by atoms with E-state index in [1.54, 1.807) is 0 Å². The van der Waals surface area contributed by atoms with Crippen molar-refractivity contribution in [3.8, 4) is 0 Å². The summed E-state index contributed by atoms with van der Waals surface area (Å²) in [5.74, 6) is 0. The van der Waals surface area contributed by atoms with Crippen molar-refractivity contribution >= 4 is 22.0 Å². The maximum atomic E-state index is 12.5. The molecule has 0 saturated carbocycles. The maximum absolute atomic E-state index is 12.5. The van der Waals surface area contributed by atoms with Crippen LogP contribution in [0.1, 0.15) is 65.4 Å². The summed E-state index contributed by atoms with van der Waals surface area (Å²) in [6.45, 7) is 9.43. The molecular weight excluding hydrogens is 366 g/mol. The number of ether oxygens (including phenoxy) is 1. The third-order valence-corrected chi connectivity index (χ3v) is 4.30. The van der Waals surface area contributed by atoms with Crippen molar-refractivity contribution in [3.63, 3.8) is 0 Å². The van der Waals surface area contributed by atoms with Crippen molar-refractivity contribution in [1.29, 1.82) is 0 Å². The predicted molar refractivity (Wildman–Crippen MR) is 104 cm³/mol. The summed E-state index contributed by atoms with van der Waals surface area (Å²) in [5, 5.41) is 0. The van der Waals surface area contributed by atoms with E-state index in [1.165, 1.54) is 31.2 Å². The van der Waals surface area contributed by atoms with Gasteiger partial charge < -0.3 is 9.64 Å². The zero-order valence-electron chi connectivity index (χ0n) is 15.6. The van der Waals surface area contributed by atoms with Crippen LogP contribution in [0.2, 0.25) is 0 Å². The number of carbonyl (C=O) groups excluding carboxylic acids is 1. The van der Waals surface area contributed by atoms with Gasteiger partial charge in [0.1, 0.15) is 5.60 Å². The molecule has 0 N–H and O–H groups in total. The van der Waals surface area contributed by atoms with Crippen molar-refractivity contribution in [2.45, 2.75) is 71.8 Å². The van der Waals surface area contributed by atoms with Crippen LogP contribution in [0.4, 0.5) is 4.79 Å². The fourth-order valence-electron chi connectivity index (χ4n) is 2.44. The van der Waals surface area contributed by atoms with E-state index >= 15 is 0 Å². The minimum atomic E-state index is -0.449. The Morgan fingerprint density at radius 2 is 1.67 bits per heavy atom. The molecule has 0 bridgehead atoms. The van der Waals surface area contributed by atoms with E-state index in [1.807, 2.05) is 37.8 Å². The minimum absolute atomic E-state index is 0.199. The number of unbranched alkanes of at least 4 members (excludes halogenated alkanes) is 4. The molecule has 0 aliphatic rings. The topological polar surface area (TPSA) is 29.5 Å². The highest BCUT2D eigenvalue weighted by molar-refractivity contribution is 9.10. The van der Waals surface area contributed by atoms with Crippen LogP contribution in [0.5, 0.6) is 0 Å². The van der Waals surface area contributed by atoms with Crippen molar-refractivity contribution in [2.75, 3.05) is 13.1 Å². The van der Waals surface area contributed by atoms with E-state index in [9.17, 15) is 4.79 Å². The Hall–Kier alpha value is -1.03. The molecule has 0 radical (unpaired) electrons. The summed E-state index contributed by atoms with van der Waals surface area (Å²) in [4.78, 5) is 14.3. The highest BCUT2D eigenvalue weighted by atomic mass is 79.9. The quantitative estimate of drug-likeness (QED) is 0.464. The third-order valence-electron chi connectivity index (χ3n) is 3.77. The fraction of sp³-hybridized carbons (Fsp3) is 0.650. The Kier molecular flexibility index (Phi) is 9.42. The zero-order chi connectivity index (χ0) is 18.0. The van der Waals surface area contributed by atoms with Crippen LogP contribution in [-0.2, 0) is 11.2 Å². The Bertz CT molecular complexity index is 479. The van der Waals surface area contributed by atoms with Crippen LogP contribution in [0, 0.1) is 0 Å². The number of nitrogens with zero attached hydrogens (tertiary/aromatic N) is 1. The lowest BCUT2D eigenvalue weighted by Gasteiger charge is -2.27. The Labute approximate surface area is 155 Å². The molecule has 0 fully saturated rings. The van der Waals surface area contributed by atoms with E-state index in [2.05, 4.69) is 35.0 Å². The Balaban J connectivity index is 2.55. The molecule has 1 aromatic carbocycles. The number of carbonyl (C=O) groups is 1. The molecule has 0 saturated heterocycles. The largest absolute Gasteiger partial charge is 0.444 e. The minimum Gasteiger partial charge on any atom is -0.444 e. The number of halogens is 1. The van der Waals surface area contributed by atoms with Gasteiger partial charge in [-0.05, 0) is 51.3 Å². The van der Waals surface area contributed by atoms with Gasteiger partial charge in [-0.2, -0.15) is 0 Å². The van der Waals surface area contributed by atoms with Gasteiger partial charge in [-0.3, -0.25) is 0 Å². The van der Waals surface area contributed by atoms with E-state index in [4.69, 9.17) is 4.74 Å². The van der Waals surface area contributed by atoms with Gasteiger partial charge in [0.05, 0.1) is 0 Å². The molecule has 1 amide bonds. The number of amides is 1. The molecule has 0 atom stereocenters. The van der Waals surface area contributed by atoms with Gasteiger partial charge in [0.2, 0.25) is 0 Å². The van der Waals surface area contributed by atoms with Crippen LogP contribution in [-0.4, -0.2) is 29.7 Å². The van der Waals surface area contributed by atoms with Gasteiger partial charge in [-0.15, -0.1) is 0 Å². The van der Waals surface area contributed by atoms with Gasteiger partial charge in [0.25, 0.3) is 0 Å². The number of rotatable bonds is 9. The first kappa shape index (κ1) is 21.0. The SMILES string of the molecule is CCCCCCCN(CCc1ccc(Br)cc1)C(=O)OC(C)(C)C. The van der Waals surface area contributed by atoms with Crippen molar-refractivity contribution in [1.82, 2.24) is 4.90 Å². The average Bonchev–Trinajstić information content (AvgIpc) is 2.50. The van der Waals surface area contributed by atoms with Gasteiger partial charge in [-0.1, -0.05) is 60.7 Å². The van der Waals surface area contributed by atoms with Crippen LogP contribution in [0.3, 0.4) is 0 Å². The molecule has 136 valence electrons. The summed E-state index contributed by atoms with van der Waals surface area (Å²) in [6.07, 6.45) is 6.61. The second-order valence-corrected chi connectivity index (χ2v) is 8.17. The monoisotopic (exact) mass is 397 g/mol. The second kappa shape index (κ2) is 10.8. The Morgan fingerprint density at radius 3 is 2.25 bits per heavy atom. The molecule has 1 rings (SSSR count). The third kappa shape index (κ3) is 9.31. The molecule has 0 unspecified atom stereocenters. The molecular formula is C20H32BrNO2. The molecule has 1 aromatic rings. The molecule has 0 spiro atoms. The molecule has 24 heavy (non-hydrogen) atoms. The van der Waals surface area contributed by atoms with Gasteiger partial charge in [0.15, 0.2) is 0 Å². The first-order valence-corrected chi connectivity index (χ1v) is 9.83. The van der Waals surface area contributed by atoms with Gasteiger partial charge >= 0.3 is 6.09 Å². The van der Waals surface area contributed by atoms with E-state index < -0.39 is 5.60 Å². The van der Waals surface area contributed by atoms with Gasteiger partial charge in [-0.25, -0.2) is 4.79 Å². The highest BCUT2D eigenvalue weighted by Gasteiger charge is 2.21. The number of hydrogen-bond donors (Lipinski definition) is 0. The van der Waals surface area contributed by atoms with Crippen LogP contribution in [0.15, 0.2) is 28.7 Å². The fourth-order valence-corrected chi connectivity index (χ4v) is 2.71. The summed E-state index contributed by atoms with van der Waals surface area (Å²) < 4.78 is 6.64. The Morgan fingerprint density at radius 1 is 1.04 bits per heavy atom. The van der Waals surface area contributed by atoms with Crippen molar-refractivity contribution < 1.29 is 9.53 Å².